The number of methoxy groups -OCH3 is 1. The van der Waals surface area contributed by atoms with Crippen molar-refractivity contribution in [3.05, 3.63) is 56.2 Å². The van der Waals surface area contributed by atoms with E-state index in [1.54, 1.807) is 35.6 Å². The quantitative estimate of drug-likeness (QED) is 0.520. The lowest BCUT2D eigenvalue weighted by Crippen LogP contribution is -2.31. The smallest absolute Gasteiger partial charge is 0.307 e. The fourth-order valence-electron chi connectivity index (χ4n) is 2.78. The Hall–Kier alpha value is -2.18. The molecule has 2 aromatic rings. The molecular weight excluding hydrogens is 386 g/mol. The van der Waals surface area contributed by atoms with Crippen LogP contribution in [0.5, 0.6) is 0 Å². The number of thiophene rings is 1. The zero-order valence-corrected chi connectivity index (χ0v) is 17.1. The van der Waals surface area contributed by atoms with Crippen molar-refractivity contribution in [1.82, 2.24) is 5.32 Å². The summed E-state index contributed by atoms with van der Waals surface area (Å²) in [7, 11) is 1.29. The zero-order valence-electron chi connectivity index (χ0n) is 15.5. The third kappa shape index (κ3) is 5.91. The Morgan fingerprint density at radius 2 is 1.89 bits per heavy atom. The minimum atomic E-state index is -0.612. The molecule has 0 aliphatic carbocycles. The molecule has 5 nitrogen and oxygen atoms in total. The first-order valence-electron chi connectivity index (χ1n) is 8.52. The van der Waals surface area contributed by atoms with Crippen LogP contribution < -0.4 is 5.32 Å². The van der Waals surface area contributed by atoms with E-state index in [0.717, 1.165) is 9.75 Å². The molecule has 2 rings (SSSR count). The first-order chi connectivity index (χ1) is 12.8. The van der Waals surface area contributed by atoms with Crippen LogP contribution >= 0.6 is 22.9 Å². The van der Waals surface area contributed by atoms with Crippen molar-refractivity contribution in [3.8, 4) is 0 Å². The van der Waals surface area contributed by atoms with Crippen molar-refractivity contribution in [2.24, 2.45) is 0 Å². The third-order valence-corrected chi connectivity index (χ3v) is 5.44. The van der Waals surface area contributed by atoms with Gasteiger partial charge in [-0.2, -0.15) is 0 Å². The summed E-state index contributed by atoms with van der Waals surface area (Å²) >= 11 is 7.76. The predicted molar refractivity (Wildman–Crippen MR) is 106 cm³/mol. The number of carbonyl (C=O) groups excluding carboxylic acids is 3. The normalized spacial score (nSPS) is 11.7. The molecule has 1 N–H and O–H groups in total. The van der Waals surface area contributed by atoms with Crippen LogP contribution in [0.3, 0.4) is 0 Å². The van der Waals surface area contributed by atoms with Gasteiger partial charge >= 0.3 is 5.97 Å². The van der Waals surface area contributed by atoms with Crippen LogP contribution in [0.25, 0.3) is 0 Å². The number of ether oxygens (including phenoxy) is 1. The number of esters is 1. The second kappa shape index (κ2) is 9.67. The van der Waals surface area contributed by atoms with Crippen molar-refractivity contribution < 1.29 is 19.1 Å². The van der Waals surface area contributed by atoms with E-state index in [1.807, 2.05) is 19.9 Å². The Kier molecular flexibility index (Phi) is 7.56. The maximum Gasteiger partial charge on any atom is 0.307 e. The van der Waals surface area contributed by atoms with Gasteiger partial charge in [-0.3, -0.25) is 14.4 Å². The SMILES string of the molecule is COC(=O)C[C@@H](NC(=O)CCC(=O)c1cc(C)sc1C)c1ccccc1Cl. The number of aryl methyl sites for hydroxylation is 2. The molecule has 0 saturated carbocycles. The predicted octanol–water partition coefficient (Wildman–Crippen LogP) is 4.40. The van der Waals surface area contributed by atoms with E-state index in [1.165, 1.54) is 7.11 Å². The molecular formula is C20H22ClNO4S. The van der Waals surface area contributed by atoms with Crippen molar-refractivity contribution in [2.75, 3.05) is 7.11 Å². The minimum Gasteiger partial charge on any atom is -0.469 e. The molecule has 1 aromatic heterocycles. The molecule has 7 heteroatoms. The Morgan fingerprint density at radius 1 is 1.19 bits per heavy atom. The monoisotopic (exact) mass is 407 g/mol. The summed E-state index contributed by atoms with van der Waals surface area (Å²) in [6, 6.07) is 8.23. The molecule has 0 saturated heterocycles. The molecule has 144 valence electrons. The van der Waals surface area contributed by atoms with E-state index in [2.05, 4.69) is 5.32 Å². The molecule has 0 aliphatic heterocycles. The molecule has 0 aliphatic rings. The number of amides is 1. The van der Waals surface area contributed by atoms with Crippen molar-refractivity contribution in [3.63, 3.8) is 0 Å². The van der Waals surface area contributed by atoms with Gasteiger partial charge in [0.25, 0.3) is 0 Å². The van der Waals surface area contributed by atoms with E-state index >= 15 is 0 Å². The number of hydrogen-bond acceptors (Lipinski definition) is 5. The number of nitrogens with one attached hydrogen (secondary N) is 1. The summed E-state index contributed by atoms with van der Waals surface area (Å²) in [5.41, 5.74) is 1.30. The molecule has 1 amide bonds. The van der Waals surface area contributed by atoms with Crippen molar-refractivity contribution in [1.29, 1.82) is 0 Å². The molecule has 0 bridgehead atoms. The molecule has 0 spiro atoms. The van der Waals surface area contributed by atoms with Crippen LogP contribution in [-0.4, -0.2) is 24.8 Å². The van der Waals surface area contributed by atoms with Gasteiger partial charge in [-0.25, -0.2) is 0 Å². The topological polar surface area (TPSA) is 72.5 Å². The van der Waals surface area contributed by atoms with E-state index < -0.39 is 12.0 Å². The second-order valence-electron chi connectivity index (χ2n) is 6.17. The highest BCUT2D eigenvalue weighted by molar-refractivity contribution is 7.12. The van der Waals surface area contributed by atoms with Gasteiger partial charge in [0.15, 0.2) is 5.78 Å². The Balaban J connectivity index is 2.03. The van der Waals surface area contributed by atoms with Crippen LogP contribution in [0.4, 0.5) is 0 Å². The first kappa shape index (κ1) is 21.1. The van der Waals surface area contributed by atoms with Gasteiger partial charge in [0, 0.05) is 33.2 Å². The van der Waals surface area contributed by atoms with E-state index in [-0.39, 0.29) is 31.0 Å². The largest absolute Gasteiger partial charge is 0.469 e. The van der Waals surface area contributed by atoms with Gasteiger partial charge < -0.3 is 10.1 Å². The molecule has 1 aromatic carbocycles. The fraction of sp³-hybridized carbons (Fsp3) is 0.350. The van der Waals surface area contributed by atoms with Crippen molar-refractivity contribution >= 4 is 40.6 Å². The maximum absolute atomic E-state index is 12.4. The average molecular weight is 408 g/mol. The summed E-state index contributed by atoms with van der Waals surface area (Å²) in [5, 5.41) is 3.24. The second-order valence-corrected chi connectivity index (χ2v) is 8.04. The number of ketones is 1. The van der Waals surface area contributed by atoms with Crippen LogP contribution in [-0.2, 0) is 14.3 Å². The van der Waals surface area contributed by atoms with Crippen LogP contribution in [0.1, 0.15) is 51.0 Å². The highest BCUT2D eigenvalue weighted by Gasteiger charge is 2.22. The van der Waals surface area contributed by atoms with Crippen LogP contribution in [0.2, 0.25) is 5.02 Å². The first-order valence-corrected chi connectivity index (χ1v) is 9.72. The molecule has 0 radical (unpaired) electrons. The minimum absolute atomic E-state index is 0.0370. The fourth-order valence-corrected chi connectivity index (χ4v) is 3.99. The van der Waals surface area contributed by atoms with E-state index in [9.17, 15) is 14.4 Å². The Morgan fingerprint density at radius 3 is 2.48 bits per heavy atom. The highest BCUT2D eigenvalue weighted by Crippen LogP contribution is 2.26. The van der Waals surface area contributed by atoms with Crippen molar-refractivity contribution in [2.45, 2.75) is 39.2 Å². The number of carbonyl (C=O) groups is 3. The standard InChI is InChI=1S/C20H22ClNO4S/c1-12-10-15(13(2)27-12)18(23)8-9-19(24)22-17(11-20(25)26-3)14-6-4-5-7-16(14)21/h4-7,10,17H,8-9,11H2,1-3H3,(H,22,24)/t17-/m1/s1. The lowest BCUT2D eigenvalue weighted by atomic mass is 10.0. The molecule has 0 unspecified atom stereocenters. The summed E-state index contributed by atoms with van der Waals surface area (Å²) in [5.74, 6) is -0.836. The van der Waals surface area contributed by atoms with Gasteiger partial charge in [-0.15, -0.1) is 11.3 Å². The van der Waals surface area contributed by atoms with E-state index in [4.69, 9.17) is 16.3 Å². The molecule has 27 heavy (non-hydrogen) atoms. The lowest BCUT2D eigenvalue weighted by Gasteiger charge is -2.19. The number of hydrogen-bond donors (Lipinski definition) is 1. The number of halogens is 1. The lowest BCUT2D eigenvalue weighted by molar-refractivity contribution is -0.141. The molecule has 1 atom stereocenters. The van der Waals surface area contributed by atoms with Gasteiger partial charge in [-0.1, -0.05) is 29.8 Å². The number of Topliss-reactive ketones (excluding diaryl/α,β-unsaturated/α-hetero) is 1. The van der Waals surface area contributed by atoms with Crippen LogP contribution in [0.15, 0.2) is 30.3 Å². The van der Waals surface area contributed by atoms with Gasteiger partial charge in [0.2, 0.25) is 5.91 Å². The van der Waals surface area contributed by atoms with Gasteiger partial charge in [0.05, 0.1) is 19.6 Å². The number of rotatable bonds is 8. The Labute approximate surface area is 167 Å². The summed E-state index contributed by atoms with van der Waals surface area (Å²) < 4.78 is 4.71. The summed E-state index contributed by atoms with van der Waals surface area (Å²) in [6.45, 7) is 3.84. The summed E-state index contributed by atoms with van der Waals surface area (Å²) in [4.78, 5) is 38.5. The molecule has 0 fully saturated rings. The average Bonchev–Trinajstić information content (AvgIpc) is 2.97. The number of benzene rings is 1. The Bertz CT molecular complexity index is 846. The maximum atomic E-state index is 12.4. The molecule has 1 heterocycles. The van der Waals surface area contributed by atoms with Crippen LogP contribution in [0, 0.1) is 13.8 Å². The zero-order chi connectivity index (χ0) is 20.0. The van der Waals surface area contributed by atoms with E-state index in [0.29, 0.717) is 16.1 Å². The highest BCUT2D eigenvalue weighted by atomic mass is 35.5. The van der Waals surface area contributed by atoms with Gasteiger partial charge in [-0.05, 0) is 31.5 Å². The summed E-state index contributed by atoms with van der Waals surface area (Å²) in [6.07, 6.45) is 0.106. The third-order valence-electron chi connectivity index (χ3n) is 4.13. The van der Waals surface area contributed by atoms with Gasteiger partial charge in [0.1, 0.15) is 0 Å².